The van der Waals surface area contributed by atoms with E-state index in [-0.39, 0.29) is 12.2 Å². The van der Waals surface area contributed by atoms with Crippen molar-refractivity contribution in [2.45, 2.75) is 192 Å². The van der Waals surface area contributed by atoms with Gasteiger partial charge in [-0.15, -0.1) is 0 Å². The van der Waals surface area contributed by atoms with E-state index >= 15 is 0 Å². The van der Waals surface area contributed by atoms with Crippen LogP contribution in [0.15, 0.2) is 0 Å². The summed E-state index contributed by atoms with van der Waals surface area (Å²) in [7, 11) is 0. The molecule has 2 aliphatic heterocycles. The highest BCUT2D eigenvalue weighted by Crippen LogP contribution is 2.45. The molecule has 2 heterocycles. The van der Waals surface area contributed by atoms with Gasteiger partial charge in [-0.25, -0.2) is 19.6 Å². The van der Waals surface area contributed by atoms with Gasteiger partial charge in [-0.3, -0.25) is 9.68 Å². The van der Waals surface area contributed by atoms with E-state index in [4.69, 9.17) is 9.68 Å². The maximum atomic E-state index is 13.0. The van der Waals surface area contributed by atoms with Crippen molar-refractivity contribution in [1.82, 2.24) is 20.1 Å². The second kappa shape index (κ2) is 12.4. The summed E-state index contributed by atoms with van der Waals surface area (Å²) in [5.41, 5.74) is -1.95. The van der Waals surface area contributed by atoms with Crippen LogP contribution in [0.5, 0.6) is 0 Å². The molecule has 0 aromatic carbocycles. The van der Waals surface area contributed by atoms with E-state index < -0.39 is 46.4 Å². The average Bonchev–Trinajstić information content (AvgIpc) is 2.86. The van der Waals surface area contributed by atoms with Crippen LogP contribution in [0.3, 0.4) is 0 Å². The molecular formula is C32H58N4O6. The molecule has 2 amide bonds. The van der Waals surface area contributed by atoms with Crippen LogP contribution < -0.4 is 0 Å². The first-order chi connectivity index (χ1) is 19.4. The normalized spacial score (nSPS) is 27.9. The number of hydrazine groups is 1. The van der Waals surface area contributed by atoms with Crippen LogP contribution in [0, 0.1) is 0 Å². The van der Waals surface area contributed by atoms with Crippen molar-refractivity contribution in [3.63, 3.8) is 0 Å². The number of piperidine rings is 2. The summed E-state index contributed by atoms with van der Waals surface area (Å²) in [5.74, 6) is 0. The van der Waals surface area contributed by atoms with Gasteiger partial charge in [-0.1, -0.05) is 38.5 Å². The first kappa shape index (κ1) is 33.3. The van der Waals surface area contributed by atoms with Gasteiger partial charge in [-0.2, -0.15) is 10.1 Å². The summed E-state index contributed by atoms with van der Waals surface area (Å²) in [5, 5.41) is 27.7. The van der Waals surface area contributed by atoms with Crippen molar-refractivity contribution in [2.24, 2.45) is 0 Å². The molecule has 4 aliphatic rings. The summed E-state index contributed by atoms with van der Waals surface area (Å²) in [6.07, 6.45) is 11.1. The predicted molar refractivity (Wildman–Crippen MR) is 162 cm³/mol. The Balaban J connectivity index is 1.57. The fourth-order valence-corrected chi connectivity index (χ4v) is 8.83. The summed E-state index contributed by atoms with van der Waals surface area (Å²) in [6.45, 7) is 16.7. The SMILES string of the molecule is CC1(C)CC(N(C(=O)O)N(C(=O)O)C2CC(C)(C)N(OC3CCCCC3)C(C)(C)C2)CC(C)(C)N1OC1CCCCC1. The molecule has 0 atom stereocenters. The van der Waals surface area contributed by atoms with Gasteiger partial charge in [0.15, 0.2) is 0 Å². The lowest BCUT2D eigenvalue weighted by Gasteiger charge is -2.59. The van der Waals surface area contributed by atoms with Crippen molar-refractivity contribution in [3.8, 4) is 0 Å². The van der Waals surface area contributed by atoms with Gasteiger partial charge in [0.25, 0.3) is 0 Å². The Kier molecular flexibility index (Phi) is 9.83. The number of carbonyl (C=O) groups is 2. The van der Waals surface area contributed by atoms with Gasteiger partial charge < -0.3 is 10.2 Å². The molecule has 2 aliphatic carbocycles. The maximum Gasteiger partial charge on any atom is 0.426 e. The summed E-state index contributed by atoms with van der Waals surface area (Å²) >= 11 is 0. The quantitative estimate of drug-likeness (QED) is 0.306. The van der Waals surface area contributed by atoms with Crippen LogP contribution in [-0.4, -0.2) is 89.0 Å². The van der Waals surface area contributed by atoms with Crippen molar-refractivity contribution in [3.05, 3.63) is 0 Å². The molecule has 0 radical (unpaired) electrons. The minimum Gasteiger partial charge on any atom is -0.464 e. The smallest absolute Gasteiger partial charge is 0.426 e. The first-order valence-electron chi connectivity index (χ1n) is 16.4. The molecule has 10 heteroatoms. The fourth-order valence-electron chi connectivity index (χ4n) is 8.83. The molecule has 4 fully saturated rings. The zero-order chi connectivity index (χ0) is 31.1. The van der Waals surface area contributed by atoms with Crippen molar-refractivity contribution < 1.29 is 29.5 Å². The van der Waals surface area contributed by atoms with Crippen molar-refractivity contribution >= 4 is 12.2 Å². The van der Waals surface area contributed by atoms with Gasteiger partial charge in [-0.05, 0) is 107 Å². The molecule has 2 N–H and O–H groups in total. The summed E-state index contributed by atoms with van der Waals surface area (Å²) in [6, 6.07) is -1.03. The van der Waals surface area contributed by atoms with E-state index in [2.05, 4.69) is 65.5 Å². The number of nitrogens with zero attached hydrogens (tertiary/aromatic N) is 4. The van der Waals surface area contributed by atoms with Crippen LogP contribution >= 0.6 is 0 Å². The molecule has 242 valence electrons. The molecule has 2 saturated heterocycles. The third-order valence-electron chi connectivity index (χ3n) is 10.1. The number of hydroxylamine groups is 4. The zero-order valence-corrected chi connectivity index (χ0v) is 27.5. The Hall–Kier alpha value is -1.62. The lowest BCUT2D eigenvalue weighted by Crippen LogP contribution is -2.71. The minimum absolute atomic E-state index is 0.172. The Morgan fingerprint density at radius 2 is 0.810 bits per heavy atom. The second-order valence-corrected chi connectivity index (χ2v) is 15.9. The molecule has 2 saturated carbocycles. The lowest BCUT2D eigenvalue weighted by molar-refractivity contribution is -0.323. The van der Waals surface area contributed by atoms with Crippen LogP contribution in [0.4, 0.5) is 9.59 Å². The lowest BCUT2D eigenvalue weighted by atomic mass is 9.77. The minimum atomic E-state index is -1.23. The van der Waals surface area contributed by atoms with E-state index in [1.54, 1.807) is 0 Å². The van der Waals surface area contributed by atoms with E-state index in [1.807, 2.05) is 0 Å². The number of hydrogen-bond acceptors (Lipinski definition) is 6. The molecular weight excluding hydrogens is 536 g/mol. The van der Waals surface area contributed by atoms with Gasteiger partial charge in [0, 0.05) is 22.2 Å². The van der Waals surface area contributed by atoms with Crippen LogP contribution in [0.2, 0.25) is 0 Å². The van der Waals surface area contributed by atoms with Gasteiger partial charge in [0.2, 0.25) is 0 Å². The summed E-state index contributed by atoms with van der Waals surface area (Å²) in [4.78, 5) is 39.2. The van der Waals surface area contributed by atoms with Gasteiger partial charge >= 0.3 is 12.2 Å². The Labute approximate surface area is 253 Å². The predicted octanol–water partition coefficient (Wildman–Crippen LogP) is 7.43. The molecule has 10 nitrogen and oxygen atoms in total. The van der Waals surface area contributed by atoms with Crippen molar-refractivity contribution in [2.75, 3.05) is 0 Å². The molecule has 0 unspecified atom stereocenters. The highest BCUT2D eigenvalue weighted by Gasteiger charge is 2.55. The molecule has 0 aromatic heterocycles. The van der Waals surface area contributed by atoms with Gasteiger partial charge in [0.1, 0.15) is 0 Å². The molecule has 0 spiro atoms. The Bertz CT molecular complexity index is 845. The third kappa shape index (κ3) is 7.19. The topological polar surface area (TPSA) is 106 Å². The van der Waals surface area contributed by atoms with E-state index in [9.17, 15) is 19.8 Å². The average molecular weight is 595 g/mol. The summed E-state index contributed by atoms with van der Waals surface area (Å²) < 4.78 is 0. The van der Waals surface area contributed by atoms with Gasteiger partial charge in [0.05, 0.1) is 24.3 Å². The standard InChI is InChI=1S/C32H58N4O6/c1-29(2)19-23(20-30(3,4)35(29)41-25-15-11-9-12-16-25)33(27(37)38)34(28(39)40)24-21-31(5,6)36(32(7,8)22-24)42-26-17-13-10-14-18-26/h23-26H,9-22H2,1-8H3,(H,37,38)(H,39,40). The van der Waals surface area contributed by atoms with E-state index in [0.29, 0.717) is 25.7 Å². The van der Waals surface area contributed by atoms with Crippen LogP contribution in [0.1, 0.15) is 145 Å². The Morgan fingerprint density at radius 3 is 1.05 bits per heavy atom. The monoisotopic (exact) mass is 594 g/mol. The zero-order valence-electron chi connectivity index (χ0n) is 27.5. The number of amides is 2. The Morgan fingerprint density at radius 1 is 0.548 bits per heavy atom. The second-order valence-electron chi connectivity index (χ2n) is 15.9. The van der Waals surface area contributed by atoms with Crippen LogP contribution in [-0.2, 0) is 9.68 Å². The molecule has 0 aromatic rings. The van der Waals surface area contributed by atoms with Crippen molar-refractivity contribution in [1.29, 1.82) is 0 Å². The first-order valence-corrected chi connectivity index (χ1v) is 16.4. The molecule has 4 rings (SSSR count). The number of carboxylic acid groups (broad SMARTS) is 2. The molecule has 0 bridgehead atoms. The van der Waals surface area contributed by atoms with E-state index in [1.165, 1.54) is 38.5 Å². The fraction of sp³-hybridized carbons (Fsp3) is 0.938. The highest BCUT2D eigenvalue weighted by molar-refractivity contribution is 5.72. The van der Waals surface area contributed by atoms with E-state index in [0.717, 1.165) is 35.7 Å². The van der Waals surface area contributed by atoms with Crippen LogP contribution in [0.25, 0.3) is 0 Å². The largest absolute Gasteiger partial charge is 0.464 e. The number of rotatable bonds is 6. The highest BCUT2D eigenvalue weighted by atomic mass is 16.7. The molecule has 42 heavy (non-hydrogen) atoms. The number of hydrogen-bond donors (Lipinski definition) is 2. The third-order valence-corrected chi connectivity index (χ3v) is 10.1. The maximum absolute atomic E-state index is 13.0.